The van der Waals surface area contributed by atoms with E-state index in [-0.39, 0.29) is 0 Å². The zero-order valence-electron chi connectivity index (χ0n) is 8.89. The van der Waals surface area contributed by atoms with Crippen LogP contribution in [0.15, 0.2) is 37.6 Å². The summed E-state index contributed by atoms with van der Waals surface area (Å²) < 4.78 is 7.86. The average Bonchev–Trinajstić information content (AvgIpc) is 2.58. The van der Waals surface area contributed by atoms with Gasteiger partial charge in [-0.25, -0.2) is 0 Å². The van der Waals surface area contributed by atoms with Crippen LogP contribution in [0.25, 0.3) is 21.9 Å². The Morgan fingerprint density at radius 2 is 1.18 bits per heavy atom. The normalized spacial score (nSPS) is 11.5. The minimum atomic E-state index is 0.825. The third kappa shape index (κ3) is 1.72. The highest BCUT2D eigenvalue weighted by Crippen LogP contribution is 2.36. The fourth-order valence-corrected chi connectivity index (χ4v) is 3.05. The van der Waals surface area contributed by atoms with Crippen LogP contribution in [0.4, 0.5) is 0 Å². The van der Waals surface area contributed by atoms with Gasteiger partial charge in [-0.15, -0.1) is 0 Å². The van der Waals surface area contributed by atoms with Crippen molar-refractivity contribution in [3.05, 3.63) is 58.2 Å². The van der Waals surface area contributed by atoms with Crippen molar-refractivity contribution >= 4 is 53.8 Å². The standard InChI is InChI=1S/C14H8Br2O/c1-7-3-9(15)5-11-12-6-10(16)4-8(2)14(12)17-13(7)11/h3-6H,1-2H2. The molecule has 0 bridgehead atoms. The molecule has 3 rings (SSSR count). The van der Waals surface area contributed by atoms with Gasteiger partial charge in [0.25, 0.3) is 0 Å². The van der Waals surface area contributed by atoms with Crippen molar-refractivity contribution in [3.8, 4) is 0 Å². The van der Waals surface area contributed by atoms with Gasteiger partial charge in [-0.2, -0.15) is 0 Å². The number of fused-ring (bicyclic) bond motifs is 3. The number of halogens is 2. The molecule has 17 heavy (non-hydrogen) atoms. The summed E-state index contributed by atoms with van der Waals surface area (Å²) in [6.45, 7) is 8.00. The molecule has 0 atom stereocenters. The van der Waals surface area contributed by atoms with Crippen LogP contribution in [-0.4, -0.2) is 0 Å². The van der Waals surface area contributed by atoms with E-state index in [1.807, 2.05) is 24.3 Å². The van der Waals surface area contributed by atoms with E-state index in [4.69, 9.17) is 4.42 Å². The summed E-state index contributed by atoms with van der Waals surface area (Å²) in [5, 5.41) is 2.12. The third-order valence-corrected chi connectivity index (χ3v) is 3.67. The predicted octanol–water partition coefficient (Wildman–Crippen LogP) is 5.48. The Kier molecular flexibility index (Phi) is 2.56. The minimum Gasteiger partial charge on any atom is -0.455 e. The molecule has 0 aliphatic rings. The van der Waals surface area contributed by atoms with Gasteiger partial charge in [-0.3, -0.25) is 0 Å². The average molecular weight is 352 g/mol. The van der Waals surface area contributed by atoms with Crippen molar-refractivity contribution in [1.29, 1.82) is 0 Å². The van der Waals surface area contributed by atoms with E-state index in [0.717, 1.165) is 42.0 Å². The zero-order valence-corrected chi connectivity index (χ0v) is 12.1. The summed E-state index contributed by atoms with van der Waals surface area (Å²) in [5.74, 6) is 0. The molecule has 0 aliphatic carbocycles. The number of furan rings is 1. The Balaban J connectivity index is 2.60. The monoisotopic (exact) mass is 350 g/mol. The smallest absolute Gasteiger partial charge is 0.138 e. The van der Waals surface area contributed by atoms with E-state index < -0.39 is 0 Å². The first-order valence-electron chi connectivity index (χ1n) is 5.05. The van der Waals surface area contributed by atoms with Crippen LogP contribution in [0.2, 0.25) is 0 Å². The molecule has 0 spiro atoms. The summed E-state index contributed by atoms with van der Waals surface area (Å²) in [6, 6.07) is 7.98. The summed E-state index contributed by atoms with van der Waals surface area (Å²) in [7, 11) is 0. The number of benzene rings is 2. The van der Waals surface area contributed by atoms with Crippen molar-refractivity contribution in [3.63, 3.8) is 0 Å². The first-order chi connectivity index (χ1) is 8.06. The SMILES string of the molecule is [CH2]c1cc(Br)cc2c1oc1c([CH2])cc(Br)cc12. The molecule has 0 unspecified atom stereocenters. The maximum Gasteiger partial charge on any atom is 0.138 e. The Morgan fingerprint density at radius 1 is 0.765 bits per heavy atom. The number of rotatable bonds is 0. The molecule has 2 aromatic carbocycles. The van der Waals surface area contributed by atoms with Crippen molar-refractivity contribution in [1.82, 2.24) is 0 Å². The first-order valence-corrected chi connectivity index (χ1v) is 6.64. The van der Waals surface area contributed by atoms with Gasteiger partial charge in [0, 0.05) is 19.7 Å². The second-order valence-electron chi connectivity index (χ2n) is 3.99. The molecule has 1 aromatic heterocycles. The van der Waals surface area contributed by atoms with Crippen LogP contribution in [0.1, 0.15) is 11.1 Å². The highest BCUT2D eigenvalue weighted by atomic mass is 79.9. The van der Waals surface area contributed by atoms with E-state index in [1.54, 1.807) is 0 Å². The second kappa shape index (κ2) is 3.85. The highest BCUT2D eigenvalue weighted by Gasteiger charge is 2.12. The lowest BCUT2D eigenvalue weighted by Gasteiger charge is -1.96. The highest BCUT2D eigenvalue weighted by molar-refractivity contribution is 9.10. The van der Waals surface area contributed by atoms with Crippen LogP contribution >= 0.6 is 31.9 Å². The summed E-state index contributed by atoms with van der Waals surface area (Å²) >= 11 is 6.96. The lowest BCUT2D eigenvalue weighted by Crippen LogP contribution is -1.75. The maximum absolute atomic E-state index is 5.86. The summed E-state index contributed by atoms with van der Waals surface area (Å²) in [6.07, 6.45) is 0. The summed E-state index contributed by atoms with van der Waals surface area (Å²) in [4.78, 5) is 0. The van der Waals surface area contributed by atoms with Crippen LogP contribution < -0.4 is 0 Å². The van der Waals surface area contributed by atoms with Gasteiger partial charge in [-0.1, -0.05) is 31.9 Å². The molecule has 0 N–H and O–H groups in total. The topological polar surface area (TPSA) is 13.1 Å². The first kappa shape index (κ1) is 11.3. The largest absolute Gasteiger partial charge is 0.455 e. The zero-order chi connectivity index (χ0) is 12.2. The molecule has 0 saturated carbocycles. The third-order valence-electron chi connectivity index (χ3n) is 2.76. The molecule has 84 valence electrons. The van der Waals surface area contributed by atoms with Gasteiger partial charge < -0.3 is 4.42 Å². The molecule has 0 aliphatic heterocycles. The van der Waals surface area contributed by atoms with E-state index in [1.165, 1.54) is 0 Å². The molecule has 3 aromatic rings. The van der Waals surface area contributed by atoms with Gasteiger partial charge in [-0.05, 0) is 49.2 Å². The Hall–Kier alpha value is -0.800. The van der Waals surface area contributed by atoms with Crippen LogP contribution in [0.5, 0.6) is 0 Å². The fraction of sp³-hybridized carbons (Fsp3) is 0. The van der Waals surface area contributed by atoms with Crippen LogP contribution in [0, 0.1) is 13.8 Å². The lowest BCUT2D eigenvalue weighted by atomic mass is 10.1. The molecule has 1 heterocycles. The second-order valence-corrected chi connectivity index (χ2v) is 5.82. The predicted molar refractivity (Wildman–Crippen MR) is 78.0 cm³/mol. The molecular weight excluding hydrogens is 344 g/mol. The summed E-state index contributed by atoms with van der Waals surface area (Å²) in [5.41, 5.74) is 3.40. The van der Waals surface area contributed by atoms with Gasteiger partial charge in [0.2, 0.25) is 0 Å². The van der Waals surface area contributed by atoms with Crippen molar-refractivity contribution in [2.45, 2.75) is 0 Å². The quantitative estimate of drug-likeness (QED) is 0.523. The molecular formula is C14H8Br2O. The van der Waals surface area contributed by atoms with Gasteiger partial charge in [0.05, 0.1) is 0 Å². The van der Waals surface area contributed by atoms with Crippen molar-refractivity contribution < 1.29 is 4.42 Å². The van der Waals surface area contributed by atoms with Crippen molar-refractivity contribution in [2.75, 3.05) is 0 Å². The minimum absolute atomic E-state index is 0.825. The van der Waals surface area contributed by atoms with E-state index in [9.17, 15) is 0 Å². The number of hydrogen-bond donors (Lipinski definition) is 0. The molecule has 3 heteroatoms. The maximum atomic E-state index is 5.86. The Morgan fingerprint density at radius 3 is 1.59 bits per heavy atom. The molecule has 0 fully saturated rings. The lowest BCUT2D eigenvalue weighted by molar-refractivity contribution is 0.665. The van der Waals surface area contributed by atoms with E-state index in [2.05, 4.69) is 45.7 Å². The molecule has 1 nitrogen and oxygen atoms in total. The molecule has 2 radical (unpaired) electrons. The van der Waals surface area contributed by atoms with Crippen LogP contribution in [0.3, 0.4) is 0 Å². The fourth-order valence-electron chi connectivity index (χ4n) is 2.04. The molecule has 0 amide bonds. The van der Waals surface area contributed by atoms with Gasteiger partial charge in [0.1, 0.15) is 11.2 Å². The van der Waals surface area contributed by atoms with Crippen molar-refractivity contribution in [2.24, 2.45) is 0 Å². The van der Waals surface area contributed by atoms with Gasteiger partial charge in [0.15, 0.2) is 0 Å². The van der Waals surface area contributed by atoms with Crippen LogP contribution in [-0.2, 0) is 0 Å². The van der Waals surface area contributed by atoms with E-state index in [0.29, 0.717) is 0 Å². The number of hydrogen-bond acceptors (Lipinski definition) is 1. The Bertz CT molecular complexity index is 679. The van der Waals surface area contributed by atoms with E-state index >= 15 is 0 Å². The molecule has 0 saturated heterocycles. The Labute approximate surface area is 116 Å². The van der Waals surface area contributed by atoms with Gasteiger partial charge >= 0.3 is 0 Å².